The van der Waals surface area contributed by atoms with E-state index >= 15 is 0 Å². The van der Waals surface area contributed by atoms with Crippen molar-refractivity contribution in [1.29, 1.82) is 0 Å². The van der Waals surface area contributed by atoms with Crippen molar-refractivity contribution in [3.05, 3.63) is 34.1 Å². The Bertz CT molecular complexity index is 490. The van der Waals surface area contributed by atoms with Crippen molar-refractivity contribution in [3.8, 4) is 0 Å². The van der Waals surface area contributed by atoms with Gasteiger partial charge in [-0.3, -0.25) is 14.9 Å². The minimum atomic E-state index is -0.849. The highest BCUT2D eigenvalue weighted by Gasteiger charge is 2.19. The number of rotatable bonds is 3. The maximum absolute atomic E-state index is 13.4. The van der Waals surface area contributed by atoms with Gasteiger partial charge in [0.2, 0.25) is 5.91 Å². The Balaban J connectivity index is 3.31. The molecule has 0 aliphatic carbocycles. The van der Waals surface area contributed by atoms with Crippen molar-refractivity contribution >= 4 is 17.3 Å². The lowest BCUT2D eigenvalue weighted by molar-refractivity contribution is -0.384. The lowest BCUT2D eigenvalue weighted by Gasteiger charge is -2.13. The summed E-state index contributed by atoms with van der Waals surface area (Å²) in [6.07, 6.45) is 0. The zero-order valence-electron chi connectivity index (χ0n) is 8.70. The molecule has 0 fully saturated rings. The van der Waals surface area contributed by atoms with Crippen LogP contribution in [0.4, 0.5) is 15.8 Å². The van der Waals surface area contributed by atoms with Gasteiger partial charge < -0.3 is 5.84 Å². The number of amides is 1. The van der Waals surface area contributed by atoms with Crippen LogP contribution in [0.15, 0.2) is 28.6 Å². The number of nitro benzene ring substituents is 1. The molecule has 0 spiro atoms. The molecule has 9 heteroatoms. The van der Waals surface area contributed by atoms with E-state index in [0.717, 1.165) is 25.1 Å². The normalized spacial score (nSPS) is 10.5. The van der Waals surface area contributed by atoms with Gasteiger partial charge in [0.05, 0.1) is 4.92 Å². The van der Waals surface area contributed by atoms with Gasteiger partial charge in [0, 0.05) is 19.1 Å². The van der Waals surface area contributed by atoms with Crippen LogP contribution < -0.4 is 10.9 Å². The second-order valence-corrected chi connectivity index (χ2v) is 2.93. The fourth-order valence-corrected chi connectivity index (χ4v) is 1.11. The number of carbonyl (C=O) groups excluding carboxylic acids is 1. The molecule has 1 rings (SSSR count). The number of carbonyl (C=O) groups is 1. The molecule has 1 aromatic carbocycles. The van der Waals surface area contributed by atoms with E-state index in [2.05, 4.69) is 10.4 Å². The second-order valence-electron chi connectivity index (χ2n) is 2.93. The van der Waals surface area contributed by atoms with Crippen molar-refractivity contribution in [1.82, 2.24) is 0 Å². The molecule has 0 saturated carbocycles. The first kappa shape index (κ1) is 12.5. The van der Waals surface area contributed by atoms with Gasteiger partial charge in [0.15, 0.2) is 0 Å². The van der Waals surface area contributed by atoms with E-state index in [4.69, 9.17) is 5.84 Å². The lowest BCUT2D eigenvalue weighted by Crippen LogP contribution is -2.23. The second kappa shape index (κ2) is 4.96. The molecular formula is C8H8FN5O3. The van der Waals surface area contributed by atoms with Crippen LogP contribution in [0.1, 0.15) is 6.92 Å². The van der Waals surface area contributed by atoms with Crippen molar-refractivity contribution in [2.45, 2.75) is 6.92 Å². The van der Waals surface area contributed by atoms with Gasteiger partial charge in [-0.05, 0) is 11.3 Å². The van der Waals surface area contributed by atoms with Gasteiger partial charge >= 0.3 is 0 Å². The summed E-state index contributed by atoms with van der Waals surface area (Å²) in [7, 11) is 0. The Labute approximate surface area is 94.6 Å². The Morgan fingerprint density at radius 3 is 2.71 bits per heavy atom. The quantitative estimate of drug-likeness (QED) is 0.372. The number of benzene rings is 1. The van der Waals surface area contributed by atoms with Crippen LogP contribution in [-0.2, 0) is 4.79 Å². The summed E-state index contributed by atoms with van der Waals surface area (Å²) in [6, 6.07) is 2.69. The van der Waals surface area contributed by atoms with Crippen LogP contribution in [0.5, 0.6) is 0 Å². The Kier molecular flexibility index (Phi) is 3.65. The molecule has 0 saturated heterocycles. The first-order valence-corrected chi connectivity index (χ1v) is 4.33. The topological polar surface area (TPSA) is 114 Å². The van der Waals surface area contributed by atoms with Crippen molar-refractivity contribution in [2.24, 2.45) is 16.3 Å². The van der Waals surface area contributed by atoms with E-state index in [1.54, 1.807) is 0 Å². The van der Waals surface area contributed by atoms with E-state index < -0.39 is 16.6 Å². The maximum atomic E-state index is 13.4. The number of non-ortho nitro benzene ring substituents is 1. The van der Waals surface area contributed by atoms with E-state index in [-0.39, 0.29) is 11.4 Å². The molecule has 0 aliphatic heterocycles. The Hall–Kier alpha value is -2.58. The van der Waals surface area contributed by atoms with Gasteiger partial charge in [0.25, 0.3) is 5.69 Å². The molecule has 0 unspecified atom stereocenters. The predicted molar refractivity (Wildman–Crippen MR) is 55.3 cm³/mol. The zero-order chi connectivity index (χ0) is 13.0. The van der Waals surface area contributed by atoms with Crippen molar-refractivity contribution in [2.75, 3.05) is 5.01 Å². The summed E-state index contributed by atoms with van der Waals surface area (Å²) in [4.78, 5) is 20.9. The standard InChI is InChI=1S/C8H8FN5O3/c1-5(15)13(12-11-10)8-4-6(14(16)17)2-3-7(8)9/h2-4H,1H3,(H2,10,12). The number of anilines is 1. The zero-order valence-corrected chi connectivity index (χ0v) is 8.70. The van der Waals surface area contributed by atoms with E-state index in [9.17, 15) is 19.3 Å². The molecule has 0 heterocycles. The average molecular weight is 241 g/mol. The van der Waals surface area contributed by atoms with Crippen LogP contribution in [0.2, 0.25) is 0 Å². The van der Waals surface area contributed by atoms with Crippen LogP contribution in [0.3, 0.4) is 0 Å². The third-order valence-electron chi connectivity index (χ3n) is 1.81. The molecule has 90 valence electrons. The molecule has 1 amide bonds. The van der Waals surface area contributed by atoms with E-state index in [0.29, 0.717) is 5.01 Å². The Morgan fingerprint density at radius 1 is 1.59 bits per heavy atom. The first-order chi connectivity index (χ1) is 7.97. The third-order valence-corrected chi connectivity index (χ3v) is 1.81. The van der Waals surface area contributed by atoms with Crippen LogP contribution >= 0.6 is 0 Å². The summed E-state index contributed by atoms with van der Waals surface area (Å²) < 4.78 is 13.4. The fraction of sp³-hybridized carbons (Fsp3) is 0.125. The number of hydrogen-bond donors (Lipinski definition) is 1. The molecule has 8 nitrogen and oxygen atoms in total. The monoisotopic (exact) mass is 241 g/mol. The van der Waals surface area contributed by atoms with Crippen molar-refractivity contribution < 1.29 is 14.1 Å². The van der Waals surface area contributed by atoms with Crippen molar-refractivity contribution in [3.63, 3.8) is 0 Å². The molecule has 17 heavy (non-hydrogen) atoms. The van der Waals surface area contributed by atoms with Gasteiger partial charge in [-0.15, -0.1) is 0 Å². The largest absolute Gasteiger partial charge is 0.303 e. The molecular weight excluding hydrogens is 233 g/mol. The predicted octanol–water partition coefficient (Wildman–Crippen LogP) is 1.33. The number of halogens is 1. The Morgan fingerprint density at radius 2 is 2.24 bits per heavy atom. The number of hydrogen-bond acceptors (Lipinski definition) is 5. The highest BCUT2D eigenvalue weighted by molar-refractivity contribution is 5.91. The number of nitro groups is 1. The molecule has 2 N–H and O–H groups in total. The average Bonchev–Trinajstić information content (AvgIpc) is 2.26. The first-order valence-electron chi connectivity index (χ1n) is 4.33. The van der Waals surface area contributed by atoms with Gasteiger partial charge in [-0.2, -0.15) is 5.01 Å². The van der Waals surface area contributed by atoms with Gasteiger partial charge in [-0.25, -0.2) is 4.39 Å². The van der Waals surface area contributed by atoms with Crippen LogP contribution in [0, 0.1) is 15.9 Å². The van der Waals surface area contributed by atoms with Crippen LogP contribution in [0.25, 0.3) is 0 Å². The minimum absolute atomic E-state index is 0.375. The smallest absolute Gasteiger partial charge is 0.271 e. The summed E-state index contributed by atoms with van der Waals surface area (Å²) in [5.41, 5.74) is -0.763. The summed E-state index contributed by atoms with van der Waals surface area (Å²) in [6.45, 7) is 1.09. The van der Waals surface area contributed by atoms with Gasteiger partial charge in [-0.1, -0.05) is 5.22 Å². The molecule has 0 bridgehead atoms. The number of nitrogens with zero attached hydrogens (tertiary/aromatic N) is 4. The SMILES string of the molecule is CC(=O)N(/N=N\N)c1cc([N+](=O)[O-])ccc1F. The molecule has 0 aromatic heterocycles. The molecule has 0 atom stereocenters. The molecule has 0 aliphatic rings. The third kappa shape index (κ3) is 2.71. The summed E-state index contributed by atoms with van der Waals surface area (Å²) in [5.74, 6) is 3.23. The fourth-order valence-electron chi connectivity index (χ4n) is 1.11. The summed E-state index contributed by atoms with van der Waals surface area (Å²) in [5, 5.41) is 17.1. The lowest BCUT2D eigenvalue weighted by atomic mass is 10.2. The maximum Gasteiger partial charge on any atom is 0.271 e. The van der Waals surface area contributed by atoms with Crippen LogP contribution in [-0.4, -0.2) is 10.8 Å². The molecule has 1 aromatic rings. The number of nitrogens with two attached hydrogens (primary N) is 1. The van der Waals surface area contributed by atoms with E-state index in [1.807, 2.05) is 0 Å². The highest BCUT2D eigenvalue weighted by atomic mass is 19.1. The van der Waals surface area contributed by atoms with E-state index in [1.165, 1.54) is 0 Å². The van der Waals surface area contributed by atoms with Gasteiger partial charge in [0.1, 0.15) is 11.5 Å². The summed E-state index contributed by atoms with van der Waals surface area (Å²) >= 11 is 0. The minimum Gasteiger partial charge on any atom is -0.303 e. The molecule has 0 radical (unpaired) electrons. The highest BCUT2D eigenvalue weighted by Crippen LogP contribution is 2.25.